The van der Waals surface area contributed by atoms with Gasteiger partial charge in [0.1, 0.15) is 11.5 Å². The van der Waals surface area contributed by atoms with Crippen LogP contribution in [0.2, 0.25) is 0 Å². The molecule has 0 unspecified atom stereocenters. The van der Waals surface area contributed by atoms with Crippen LogP contribution in [0, 0.1) is 0 Å². The Kier molecular flexibility index (Phi) is 6.71. The number of nitrogens with zero attached hydrogens (tertiary/aromatic N) is 2. The molecule has 1 fully saturated rings. The number of fused-ring (bicyclic) bond motifs is 1. The van der Waals surface area contributed by atoms with Crippen LogP contribution in [-0.2, 0) is 29.6 Å². The third kappa shape index (κ3) is 4.82. The highest BCUT2D eigenvalue weighted by atomic mass is 32.2. The first-order valence-electron chi connectivity index (χ1n) is 10.4. The summed E-state index contributed by atoms with van der Waals surface area (Å²) >= 11 is 0. The number of hydrogen-bond acceptors (Lipinski definition) is 8. The van der Waals surface area contributed by atoms with Crippen LogP contribution in [0.5, 0.6) is 11.5 Å². The molecule has 2 aliphatic rings. The lowest BCUT2D eigenvalue weighted by atomic mass is 10.2. The number of carbonyl (C=O) groups is 1. The maximum Gasteiger partial charge on any atom is 0.267 e. The monoisotopic (exact) mass is 511 g/mol. The predicted octanol–water partition coefficient (Wildman–Crippen LogP) is 0.882. The fraction of sp³-hybridized carbons (Fsp3) is 0.381. The van der Waals surface area contributed by atoms with Crippen LogP contribution < -0.4 is 19.1 Å². The Morgan fingerprint density at radius 3 is 2.47 bits per heavy atom. The fourth-order valence-electron chi connectivity index (χ4n) is 3.75. The van der Waals surface area contributed by atoms with Gasteiger partial charge in [-0.2, -0.15) is 4.31 Å². The maximum atomic E-state index is 13.1. The Hall–Kier alpha value is -2.87. The van der Waals surface area contributed by atoms with Crippen LogP contribution in [0.25, 0.3) is 0 Å². The second kappa shape index (κ2) is 9.41. The van der Waals surface area contributed by atoms with Crippen molar-refractivity contribution in [2.45, 2.75) is 11.0 Å². The minimum Gasteiger partial charge on any atom is -0.495 e. The number of benzene rings is 2. The summed E-state index contributed by atoms with van der Waals surface area (Å²) in [6, 6.07) is 10.7. The number of para-hydroxylation sites is 2. The number of methoxy groups -OCH3 is 1. The third-order valence-electron chi connectivity index (χ3n) is 5.46. The van der Waals surface area contributed by atoms with Crippen molar-refractivity contribution in [3.05, 3.63) is 42.5 Å². The quantitative estimate of drug-likeness (QED) is 0.605. The Labute approximate surface area is 198 Å². The first kappa shape index (κ1) is 24.3. The van der Waals surface area contributed by atoms with E-state index in [1.54, 1.807) is 24.3 Å². The lowest BCUT2D eigenvalue weighted by Crippen LogP contribution is -2.48. The molecule has 1 saturated heterocycles. The number of ether oxygens (including phenoxy) is 3. The summed E-state index contributed by atoms with van der Waals surface area (Å²) in [5.41, 5.74) is 0.459. The molecule has 4 rings (SSSR count). The van der Waals surface area contributed by atoms with Crippen LogP contribution in [0.15, 0.2) is 47.4 Å². The highest BCUT2D eigenvalue weighted by molar-refractivity contribution is 7.92. The van der Waals surface area contributed by atoms with Gasteiger partial charge in [0.05, 0.1) is 49.4 Å². The van der Waals surface area contributed by atoms with E-state index in [-0.39, 0.29) is 41.7 Å². The molecular formula is C21H25N3O8S2. The third-order valence-corrected chi connectivity index (χ3v) is 8.51. The minimum atomic E-state index is -3.81. The number of morpholine rings is 1. The number of amides is 1. The van der Waals surface area contributed by atoms with E-state index in [0.29, 0.717) is 18.9 Å². The van der Waals surface area contributed by atoms with Gasteiger partial charge in [-0.05, 0) is 30.3 Å². The van der Waals surface area contributed by atoms with Crippen molar-refractivity contribution in [1.29, 1.82) is 0 Å². The van der Waals surface area contributed by atoms with E-state index in [4.69, 9.17) is 14.2 Å². The zero-order valence-electron chi connectivity index (χ0n) is 18.6. The van der Waals surface area contributed by atoms with Gasteiger partial charge in [-0.3, -0.25) is 9.10 Å². The summed E-state index contributed by atoms with van der Waals surface area (Å²) in [7, 11) is -6.10. The van der Waals surface area contributed by atoms with Crippen LogP contribution in [0.4, 0.5) is 11.4 Å². The summed E-state index contributed by atoms with van der Waals surface area (Å²) in [5, 5.41) is 2.63. The topological polar surface area (TPSA) is 132 Å². The number of anilines is 2. The largest absolute Gasteiger partial charge is 0.495 e. The van der Waals surface area contributed by atoms with E-state index < -0.39 is 32.1 Å². The highest BCUT2D eigenvalue weighted by Gasteiger charge is 2.35. The summed E-state index contributed by atoms with van der Waals surface area (Å²) in [4.78, 5) is 13.1. The molecule has 0 bridgehead atoms. The Morgan fingerprint density at radius 1 is 1.09 bits per heavy atom. The summed E-state index contributed by atoms with van der Waals surface area (Å²) in [6.07, 6.45) is -0.124. The molecule has 1 atom stereocenters. The van der Waals surface area contributed by atoms with Crippen molar-refractivity contribution >= 4 is 37.3 Å². The number of carbonyl (C=O) groups excluding carboxylic acids is 1. The first-order chi connectivity index (χ1) is 16.1. The van der Waals surface area contributed by atoms with Gasteiger partial charge in [0, 0.05) is 13.1 Å². The molecule has 0 spiro atoms. The maximum absolute atomic E-state index is 13.1. The summed E-state index contributed by atoms with van der Waals surface area (Å²) in [6.45, 7) is 0.821. The molecule has 1 amide bonds. The predicted molar refractivity (Wildman–Crippen MR) is 124 cm³/mol. The molecule has 2 heterocycles. The average molecular weight is 512 g/mol. The van der Waals surface area contributed by atoms with Crippen molar-refractivity contribution in [2.24, 2.45) is 0 Å². The van der Waals surface area contributed by atoms with Crippen molar-refractivity contribution in [3.8, 4) is 11.5 Å². The van der Waals surface area contributed by atoms with Crippen LogP contribution in [0.3, 0.4) is 0 Å². The number of nitrogens with one attached hydrogen (secondary N) is 1. The number of rotatable bonds is 6. The van der Waals surface area contributed by atoms with Crippen LogP contribution in [-0.4, -0.2) is 79.4 Å². The Bertz CT molecular complexity index is 1290. The van der Waals surface area contributed by atoms with E-state index in [0.717, 1.165) is 10.6 Å². The van der Waals surface area contributed by atoms with Crippen LogP contribution >= 0.6 is 0 Å². The van der Waals surface area contributed by atoms with Crippen molar-refractivity contribution < 1.29 is 35.8 Å². The van der Waals surface area contributed by atoms with Gasteiger partial charge in [-0.15, -0.1) is 0 Å². The Morgan fingerprint density at radius 2 is 1.79 bits per heavy atom. The molecule has 2 aliphatic heterocycles. The second-order valence-corrected chi connectivity index (χ2v) is 11.6. The number of hydrogen-bond donors (Lipinski definition) is 1. The van der Waals surface area contributed by atoms with E-state index in [1.165, 1.54) is 29.6 Å². The van der Waals surface area contributed by atoms with Gasteiger partial charge in [0.2, 0.25) is 20.0 Å². The molecule has 13 heteroatoms. The molecule has 0 aromatic heterocycles. The van der Waals surface area contributed by atoms with Crippen molar-refractivity contribution in [1.82, 2.24) is 4.31 Å². The van der Waals surface area contributed by atoms with Gasteiger partial charge in [0.15, 0.2) is 6.10 Å². The first-order valence-corrected chi connectivity index (χ1v) is 13.7. The molecular weight excluding hydrogens is 486 g/mol. The van der Waals surface area contributed by atoms with Crippen molar-refractivity contribution in [2.75, 3.05) is 55.8 Å². The van der Waals surface area contributed by atoms with Gasteiger partial charge >= 0.3 is 0 Å². The van der Waals surface area contributed by atoms with Gasteiger partial charge in [-0.1, -0.05) is 12.1 Å². The molecule has 184 valence electrons. The van der Waals surface area contributed by atoms with Gasteiger partial charge in [-0.25, -0.2) is 16.8 Å². The normalized spacial score (nSPS) is 19.1. The van der Waals surface area contributed by atoms with Gasteiger partial charge in [0.25, 0.3) is 5.91 Å². The molecule has 11 nitrogen and oxygen atoms in total. The molecule has 2 aromatic rings. The standard InChI is InChI=1S/C21H25N3O8S2/c1-30-18-8-7-15(34(28,29)23-9-11-31-12-10-23)13-16(18)22-21(25)20-14-24(33(2,26)27)17-5-3-4-6-19(17)32-20/h3-8,13,20H,9-12,14H2,1-2H3,(H,22,25)/t20-/m0/s1. The zero-order chi connectivity index (χ0) is 24.5. The second-order valence-electron chi connectivity index (χ2n) is 7.74. The SMILES string of the molecule is COc1ccc(S(=O)(=O)N2CCOCC2)cc1NC(=O)[C@@H]1CN(S(C)(=O)=O)c2ccccc2O1. The van der Waals surface area contributed by atoms with E-state index in [1.807, 2.05) is 0 Å². The molecule has 0 saturated carbocycles. The van der Waals surface area contributed by atoms with Crippen molar-refractivity contribution in [3.63, 3.8) is 0 Å². The number of sulfonamides is 2. The summed E-state index contributed by atoms with van der Waals surface area (Å²) < 4.78 is 69.4. The van der Waals surface area contributed by atoms with E-state index in [9.17, 15) is 21.6 Å². The molecule has 2 aromatic carbocycles. The minimum absolute atomic E-state index is 0.0156. The molecule has 1 N–H and O–H groups in total. The van der Waals surface area contributed by atoms with Gasteiger partial charge < -0.3 is 19.5 Å². The zero-order valence-corrected chi connectivity index (χ0v) is 20.3. The highest BCUT2D eigenvalue weighted by Crippen LogP contribution is 2.35. The Balaban J connectivity index is 1.61. The van der Waals surface area contributed by atoms with Crippen LogP contribution in [0.1, 0.15) is 0 Å². The molecule has 0 radical (unpaired) electrons. The average Bonchev–Trinajstić information content (AvgIpc) is 2.83. The lowest BCUT2D eigenvalue weighted by molar-refractivity contribution is -0.122. The lowest BCUT2D eigenvalue weighted by Gasteiger charge is -2.34. The smallest absolute Gasteiger partial charge is 0.267 e. The fourth-order valence-corrected chi connectivity index (χ4v) is 6.10. The molecule has 34 heavy (non-hydrogen) atoms. The summed E-state index contributed by atoms with van der Waals surface area (Å²) in [5.74, 6) is -0.164. The van der Waals surface area contributed by atoms with E-state index in [2.05, 4.69) is 5.32 Å². The van der Waals surface area contributed by atoms with E-state index >= 15 is 0 Å². The molecule has 0 aliphatic carbocycles.